The van der Waals surface area contributed by atoms with Crippen LogP contribution in [0.5, 0.6) is 0 Å². The summed E-state index contributed by atoms with van der Waals surface area (Å²) < 4.78 is 34.0. The molecule has 8 nitrogen and oxygen atoms in total. The number of aryl methyl sites for hydroxylation is 1. The summed E-state index contributed by atoms with van der Waals surface area (Å²) in [6.45, 7) is 6.26. The van der Waals surface area contributed by atoms with E-state index in [0.29, 0.717) is 6.54 Å². The van der Waals surface area contributed by atoms with Gasteiger partial charge in [0.2, 0.25) is 5.91 Å². The van der Waals surface area contributed by atoms with Crippen molar-refractivity contribution in [2.45, 2.75) is 58.5 Å². The molecular weight excluding hydrogens is 435 g/mol. The predicted octanol–water partition coefficient (Wildman–Crippen LogP) is 2.71. The molecular formula is C19H24F3N5O3S. The number of carbonyl (C=O) groups is 2. The van der Waals surface area contributed by atoms with E-state index in [9.17, 15) is 18.0 Å². The maximum Gasteiger partial charge on any atom is 0.490 e. The Bertz CT molecular complexity index is 923. The van der Waals surface area contributed by atoms with Crippen molar-refractivity contribution in [1.82, 2.24) is 24.8 Å². The molecule has 0 unspecified atom stereocenters. The van der Waals surface area contributed by atoms with E-state index in [0.717, 1.165) is 61.2 Å². The summed E-state index contributed by atoms with van der Waals surface area (Å²) in [6, 6.07) is 0. The average molecular weight is 459 g/mol. The minimum atomic E-state index is -5.08. The third-order valence-corrected chi connectivity index (χ3v) is 5.97. The number of carbonyl (C=O) groups excluding carboxylic acids is 1. The van der Waals surface area contributed by atoms with Gasteiger partial charge in [0.1, 0.15) is 5.82 Å². The van der Waals surface area contributed by atoms with E-state index in [2.05, 4.69) is 31.3 Å². The largest absolute Gasteiger partial charge is 0.490 e. The van der Waals surface area contributed by atoms with Gasteiger partial charge in [0.25, 0.3) is 0 Å². The first-order valence-electron chi connectivity index (χ1n) is 9.88. The molecule has 2 aromatic heterocycles. The van der Waals surface area contributed by atoms with Crippen LogP contribution < -0.4 is 5.32 Å². The van der Waals surface area contributed by atoms with Crippen molar-refractivity contribution >= 4 is 23.2 Å². The highest BCUT2D eigenvalue weighted by Gasteiger charge is 2.38. The van der Waals surface area contributed by atoms with Gasteiger partial charge in [-0.3, -0.25) is 9.69 Å². The number of nitrogens with zero attached hydrogens (tertiary/aromatic N) is 4. The number of hydrogen-bond donors (Lipinski definition) is 2. The summed E-state index contributed by atoms with van der Waals surface area (Å²) in [7, 11) is 0. The van der Waals surface area contributed by atoms with Crippen LogP contribution in [0.4, 0.5) is 13.2 Å². The number of thiazole rings is 1. The molecule has 2 aromatic rings. The van der Waals surface area contributed by atoms with Crippen molar-refractivity contribution in [2.75, 3.05) is 6.54 Å². The molecule has 0 spiro atoms. The fraction of sp³-hybridized carbons (Fsp3) is 0.579. The molecule has 1 saturated carbocycles. The molecule has 0 saturated heterocycles. The Hall–Kier alpha value is -2.47. The second kappa shape index (κ2) is 9.77. The van der Waals surface area contributed by atoms with Gasteiger partial charge in [0.05, 0.1) is 29.5 Å². The van der Waals surface area contributed by atoms with Crippen LogP contribution in [0.3, 0.4) is 0 Å². The van der Waals surface area contributed by atoms with Crippen LogP contribution in [0.25, 0.3) is 0 Å². The molecule has 1 aliphatic carbocycles. The number of rotatable bonds is 5. The lowest BCUT2D eigenvalue weighted by Crippen LogP contribution is -2.34. The van der Waals surface area contributed by atoms with Crippen molar-refractivity contribution in [3.05, 3.63) is 33.8 Å². The van der Waals surface area contributed by atoms with Crippen LogP contribution in [0.15, 0.2) is 11.6 Å². The highest BCUT2D eigenvalue weighted by Crippen LogP contribution is 2.26. The van der Waals surface area contributed by atoms with Crippen molar-refractivity contribution in [3.8, 4) is 0 Å². The van der Waals surface area contributed by atoms with Gasteiger partial charge in [-0.05, 0) is 19.8 Å². The Morgan fingerprint density at radius 1 is 1.26 bits per heavy atom. The molecule has 1 fully saturated rings. The van der Waals surface area contributed by atoms with Crippen LogP contribution in [-0.4, -0.2) is 49.1 Å². The van der Waals surface area contributed by atoms with Gasteiger partial charge in [-0.1, -0.05) is 6.42 Å². The molecule has 0 bridgehead atoms. The molecule has 0 aromatic carbocycles. The molecule has 0 radical (unpaired) electrons. The van der Waals surface area contributed by atoms with Crippen LogP contribution in [0.1, 0.15) is 41.5 Å². The molecule has 2 N–H and O–H groups in total. The summed E-state index contributed by atoms with van der Waals surface area (Å²) in [6.07, 6.45) is 0.263. The zero-order valence-corrected chi connectivity index (χ0v) is 17.8. The zero-order chi connectivity index (χ0) is 22.6. The van der Waals surface area contributed by atoms with Crippen molar-refractivity contribution in [3.63, 3.8) is 0 Å². The van der Waals surface area contributed by atoms with E-state index >= 15 is 0 Å². The Morgan fingerprint density at radius 3 is 2.52 bits per heavy atom. The van der Waals surface area contributed by atoms with E-state index in [1.54, 1.807) is 11.3 Å². The Kier molecular flexibility index (Phi) is 7.31. The minimum Gasteiger partial charge on any atom is -0.475 e. The van der Waals surface area contributed by atoms with Gasteiger partial charge in [-0.15, -0.1) is 11.3 Å². The third-order valence-electron chi connectivity index (χ3n) is 5.15. The lowest BCUT2D eigenvalue weighted by Gasteiger charge is -2.26. The molecule has 12 heteroatoms. The monoisotopic (exact) mass is 459 g/mol. The number of aromatic nitrogens is 3. The number of alkyl halides is 3. The second-order valence-corrected chi connectivity index (χ2v) is 8.62. The first-order chi connectivity index (χ1) is 14.6. The van der Waals surface area contributed by atoms with Crippen molar-refractivity contribution in [1.29, 1.82) is 0 Å². The van der Waals surface area contributed by atoms with Crippen molar-refractivity contribution in [2.24, 2.45) is 5.92 Å². The van der Waals surface area contributed by atoms with Crippen LogP contribution >= 0.6 is 11.3 Å². The zero-order valence-electron chi connectivity index (χ0n) is 17.0. The molecule has 170 valence electrons. The normalized spacial score (nSPS) is 16.6. The molecule has 1 amide bonds. The Balaban J connectivity index is 0.000000339. The number of amides is 1. The highest BCUT2D eigenvalue weighted by molar-refractivity contribution is 7.09. The van der Waals surface area contributed by atoms with E-state index in [1.165, 1.54) is 6.42 Å². The summed E-state index contributed by atoms with van der Waals surface area (Å²) in [5.41, 5.74) is 2.11. The molecule has 31 heavy (non-hydrogen) atoms. The molecule has 4 rings (SSSR count). The maximum atomic E-state index is 11.9. The topological polar surface area (TPSA) is 100 Å². The number of imidazole rings is 1. The fourth-order valence-corrected chi connectivity index (χ4v) is 3.89. The summed E-state index contributed by atoms with van der Waals surface area (Å²) in [5, 5.41) is 13.4. The van der Waals surface area contributed by atoms with Gasteiger partial charge < -0.3 is 15.0 Å². The van der Waals surface area contributed by atoms with E-state index < -0.39 is 12.1 Å². The van der Waals surface area contributed by atoms with E-state index in [-0.39, 0.29) is 11.8 Å². The average Bonchev–Trinajstić information content (AvgIpc) is 3.23. The van der Waals surface area contributed by atoms with E-state index in [4.69, 9.17) is 14.9 Å². The number of carboxylic acids is 1. The number of halogens is 3. The smallest absolute Gasteiger partial charge is 0.475 e. The number of fused-ring (bicyclic) bond motifs is 1. The number of hydrogen-bond acceptors (Lipinski definition) is 6. The van der Waals surface area contributed by atoms with E-state index in [1.807, 2.05) is 6.92 Å². The van der Waals surface area contributed by atoms with Gasteiger partial charge in [0.15, 0.2) is 0 Å². The molecule has 0 atom stereocenters. The first-order valence-corrected chi connectivity index (χ1v) is 10.8. The van der Waals surface area contributed by atoms with Gasteiger partial charge in [0, 0.05) is 37.1 Å². The fourth-order valence-electron chi connectivity index (χ4n) is 3.28. The van der Waals surface area contributed by atoms with Crippen LogP contribution in [0, 0.1) is 12.8 Å². The number of aliphatic carboxylic acids is 1. The SMILES string of the molecule is Cc1nc(CN2CCn3cc(CNC(=O)C4CCC4)nc3C2)cs1.O=C(O)C(F)(F)F. The summed E-state index contributed by atoms with van der Waals surface area (Å²) in [4.78, 5) is 32.5. The van der Waals surface area contributed by atoms with Crippen LogP contribution in [0.2, 0.25) is 0 Å². The quantitative estimate of drug-likeness (QED) is 0.713. The second-order valence-electron chi connectivity index (χ2n) is 7.56. The predicted molar refractivity (Wildman–Crippen MR) is 106 cm³/mol. The Labute approximate surface area is 181 Å². The third kappa shape index (κ3) is 6.50. The molecule has 3 heterocycles. The standard InChI is InChI=1S/C17H23N5OS.C2HF3O2/c1-12-19-15(11-24-12)8-21-5-6-22-9-14(20-16(22)10-21)7-18-17(23)13-3-2-4-13;3-2(4,5)1(6)7/h9,11,13H,2-8,10H2,1H3,(H,18,23);(H,6,7). The van der Waals surface area contributed by atoms with Gasteiger partial charge in [-0.2, -0.15) is 13.2 Å². The highest BCUT2D eigenvalue weighted by atomic mass is 32.1. The Morgan fingerprint density at radius 2 is 1.97 bits per heavy atom. The van der Waals surface area contributed by atoms with Gasteiger partial charge >= 0.3 is 12.1 Å². The molecule has 2 aliphatic rings. The lowest BCUT2D eigenvalue weighted by atomic mass is 9.85. The summed E-state index contributed by atoms with van der Waals surface area (Å²) >= 11 is 1.70. The number of carboxylic acid groups (broad SMARTS) is 1. The van der Waals surface area contributed by atoms with Gasteiger partial charge in [-0.25, -0.2) is 14.8 Å². The van der Waals surface area contributed by atoms with Crippen molar-refractivity contribution < 1.29 is 27.9 Å². The van der Waals surface area contributed by atoms with Crippen LogP contribution in [-0.2, 0) is 35.8 Å². The molecule has 1 aliphatic heterocycles. The lowest BCUT2D eigenvalue weighted by molar-refractivity contribution is -0.192. The summed E-state index contributed by atoms with van der Waals surface area (Å²) in [5.74, 6) is -1.25. The minimum absolute atomic E-state index is 0.188. The first kappa shape index (κ1) is 23.2. The maximum absolute atomic E-state index is 11.9. The number of nitrogens with one attached hydrogen (secondary N) is 1.